The van der Waals surface area contributed by atoms with Crippen molar-refractivity contribution in [2.45, 2.75) is 19.9 Å². The van der Waals surface area contributed by atoms with Crippen LogP contribution in [0.25, 0.3) is 0 Å². The van der Waals surface area contributed by atoms with E-state index in [0.717, 1.165) is 6.54 Å². The molecule has 0 saturated heterocycles. The molecule has 0 amide bonds. The molecule has 1 atom stereocenters. The zero-order valence-corrected chi connectivity index (χ0v) is 12.1. The lowest BCUT2D eigenvalue weighted by Gasteiger charge is -2.25. The van der Waals surface area contributed by atoms with E-state index < -0.39 is 4.92 Å². The predicted octanol–water partition coefficient (Wildman–Crippen LogP) is 0.669. The van der Waals surface area contributed by atoms with E-state index in [4.69, 9.17) is 5.84 Å². The molecule has 0 aliphatic rings. The summed E-state index contributed by atoms with van der Waals surface area (Å²) >= 11 is 0. The summed E-state index contributed by atoms with van der Waals surface area (Å²) in [5, 5.41) is 14.3. The van der Waals surface area contributed by atoms with Crippen molar-refractivity contribution in [2.75, 3.05) is 31.4 Å². The normalized spacial score (nSPS) is 12.6. The third kappa shape index (κ3) is 4.00. The van der Waals surface area contributed by atoms with Gasteiger partial charge in [-0.2, -0.15) is 0 Å². The number of nitrogen functional groups attached to an aromatic ring is 1. The quantitative estimate of drug-likeness (QED) is 0.379. The van der Waals surface area contributed by atoms with Crippen molar-refractivity contribution in [3.8, 4) is 0 Å². The summed E-state index contributed by atoms with van der Waals surface area (Å²) in [5.74, 6) is 5.68. The summed E-state index contributed by atoms with van der Waals surface area (Å²) in [6, 6.07) is 0.0178. The lowest BCUT2D eigenvalue weighted by molar-refractivity contribution is -0.383. The highest BCUT2D eigenvalue weighted by molar-refractivity contribution is 5.69. The Morgan fingerprint density at radius 2 is 2.00 bits per heavy atom. The van der Waals surface area contributed by atoms with E-state index in [2.05, 4.69) is 20.7 Å². The Hall–Kier alpha value is -2.00. The van der Waals surface area contributed by atoms with Crippen LogP contribution in [0.4, 0.5) is 17.3 Å². The number of nitro groups is 1. The van der Waals surface area contributed by atoms with Crippen molar-refractivity contribution in [3.63, 3.8) is 0 Å². The molecule has 0 bridgehead atoms. The van der Waals surface area contributed by atoms with E-state index in [9.17, 15) is 10.1 Å². The van der Waals surface area contributed by atoms with E-state index in [-0.39, 0.29) is 29.3 Å². The predicted molar refractivity (Wildman–Crippen MR) is 77.3 cm³/mol. The van der Waals surface area contributed by atoms with Gasteiger partial charge in [-0.15, -0.1) is 0 Å². The van der Waals surface area contributed by atoms with Gasteiger partial charge in [-0.1, -0.05) is 13.8 Å². The molecule has 0 aliphatic carbocycles. The van der Waals surface area contributed by atoms with Crippen LogP contribution >= 0.6 is 0 Å². The molecule has 1 unspecified atom stereocenters. The minimum atomic E-state index is -0.551. The Balaban J connectivity index is 3.09. The van der Waals surface area contributed by atoms with E-state index in [1.54, 1.807) is 0 Å². The van der Waals surface area contributed by atoms with Crippen LogP contribution in [-0.4, -0.2) is 46.5 Å². The Kier molecular flexibility index (Phi) is 5.59. The number of rotatable bonds is 7. The molecule has 0 spiro atoms. The first-order chi connectivity index (χ1) is 9.36. The molecule has 1 heterocycles. The number of nitrogens with one attached hydrogen (secondary N) is 2. The number of hydrogen-bond acceptors (Lipinski definition) is 8. The van der Waals surface area contributed by atoms with E-state index in [0.29, 0.717) is 0 Å². The minimum absolute atomic E-state index is 0.0140. The number of hydrogen-bond donors (Lipinski definition) is 3. The molecule has 0 fully saturated rings. The van der Waals surface area contributed by atoms with E-state index >= 15 is 0 Å². The summed E-state index contributed by atoms with van der Waals surface area (Å²) in [7, 11) is 3.89. The molecule has 0 saturated carbocycles. The van der Waals surface area contributed by atoms with Crippen molar-refractivity contribution in [1.29, 1.82) is 0 Å². The maximum Gasteiger partial charge on any atom is 0.354 e. The molecular weight excluding hydrogens is 262 g/mol. The van der Waals surface area contributed by atoms with Crippen LogP contribution in [0, 0.1) is 16.0 Å². The van der Waals surface area contributed by atoms with Gasteiger partial charge in [0.2, 0.25) is 11.6 Å². The lowest BCUT2D eigenvalue weighted by atomic mass is 10.0. The van der Waals surface area contributed by atoms with Gasteiger partial charge in [-0.25, -0.2) is 15.8 Å². The smallest absolute Gasteiger partial charge is 0.354 e. The highest BCUT2D eigenvalue weighted by Crippen LogP contribution is 2.29. The summed E-state index contributed by atoms with van der Waals surface area (Å²) in [5.41, 5.74) is 1.97. The van der Waals surface area contributed by atoms with Gasteiger partial charge in [0, 0.05) is 12.6 Å². The van der Waals surface area contributed by atoms with Gasteiger partial charge in [-0.05, 0) is 20.0 Å². The molecule has 20 heavy (non-hydrogen) atoms. The first-order valence-corrected chi connectivity index (χ1v) is 6.24. The Labute approximate surface area is 117 Å². The number of nitrogens with zero attached hydrogens (tertiary/aromatic N) is 4. The number of aromatic nitrogens is 2. The van der Waals surface area contributed by atoms with Crippen LogP contribution in [-0.2, 0) is 0 Å². The Bertz CT molecular complexity index is 464. The highest BCUT2D eigenvalue weighted by Gasteiger charge is 2.25. The second-order valence-corrected chi connectivity index (χ2v) is 5.08. The maximum absolute atomic E-state index is 11.2. The van der Waals surface area contributed by atoms with Crippen LogP contribution < -0.4 is 16.6 Å². The van der Waals surface area contributed by atoms with Crippen molar-refractivity contribution >= 4 is 17.3 Å². The van der Waals surface area contributed by atoms with Gasteiger partial charge in [0.1, 0.15) is 6.33 Å². The van der Waals surface area contributed by atoms with Crippen LogP contribution in [0.5, 0.6) is 0 Å². The molecule has 4 N–H and O–H groups in total. The number of likely N-dealkylation sites (N-methyl/N-ethyl adjacent to an activating group) is 1. The first kappa shape index (κ1) is 16.1. The number of nitrogens with two attached hydrogens (primary N) is 1. The van der Waals surface area contributed by atoms with Gasteiger partial charge in [0.05, 0.1) is 4.92 Å². The standard InChI is InChI=1S/C11H21N7O2/c1-7(2)8(5-17(3)4)15-10-9(18(19)20)11(16-12)14-6-13-10/h6-8H,5,12H2,1-4H3,(H2,13,14,15,16). The molecule has 0 radical (unpaired) electrons. The second-order valence-electron chi connectivity index (χ2n) is 5.08. The van der Waals surface area contributed by atoms with Crippen LogP contribution in [0.15, 0.2) is 6.33 Å². The molecule has 9 nitrogen and oxygen atoms in total. The van der Waals surface area contributed by atoms with Crippen molar-refractivity contribution < 1.29 is 4.92 Å². The van der Waals surface area contributed by atoms with Crippen molar-refractivity contribution in [2.24, 2.45) is 11.8 Å². The fourth-order valence-corrected chi connectivity index (χ4v) is 1.76. The number of anilines is 2. The molecule has 0 aromatic carbocycles. The van der Waals surface area contributed by atoms with Gasteiger partial charge < -0.3 is 15.6 Å². The summed E-state index contributed by atoms with van der Waals surface area (Å²) in [6.07, 6.45) is 1.23. The SMILES string of the molecule is CC(C)C(CN(C)C)Nc1ncnc(NN)c1[N+](=O)[O-]. The summed E-state index contributed by atoms with van der Waals surface area (Å²) in [4.78, 5) is 20.3. The van der Waals surface area contributed by atoms with Gasteiger partial charge in [0.25, 0.3) is 0 Å². The lowest BCUT2D eigenvalue weighted by Crippen LogP contribution is -2.37. The summed E-state index contributed by atoms with van der Waals surface area (Å²) < 4.78 is 0. The third-order valence-electron chi connectivity index (χ3n) is 2.83. The highest BCUT2D eigenvalue weighted by atomic mass is 16.6. The fourth-order valence-electron chi connectivity index (χ4n) is 1.76. The molecule has 1 rings (SSSR count). The average molecular weight is 283 g/mol. The second kappa shape index (κ2) is 6.96. The first-order valence-electron chi connectivity index (χ1n) is 6.24. The monoisotopic (exact) mass is 283 g/mol. The summed E-state index contributed by atoms with van der Waals surface area (Å²) in [6.45, 7) is 4.80. The van der Waals surface area contributed by atoms with Gasteiger partial charge in [0.15, 0.2) is 0 Å². The topological polar surface area (TPSA) is 122 Å². The zero-order valence-electron chi connectivity index (χ0n) is 12.1. The Morgan fingerprint density at radius 3 is 2.45 bits per heavy atom. The van der Waals surface area contributed by atoms with Crippen LogP contribution in [0.3, 0.4) is 0 Å². The Morgan fingerprint density at radius 1 is 1.40 bits per heavy atom. The van der Waals surface area contributed by atoms with Crippen LogP contribution in [0.2, 0.25) is 0 Å². The van der Waals surface area contributed by atoms with E-state index in [1.807, 2.05) is 32.8 Å². The largest absolute Gasteiger partial charge is 0.360 e. The average Bonchev–Trinajstić information content (AvgIpc) is 2.36. The van der Waals surface area contributed by atoms with Crippen molar-refractivity contribution in [3.05, 3.63) is 16.4 Å². The molecular formula is C11H21N7O2. The van der Waals surface area contributed by atoms with E-state index in [1.165, 1.54) is 6.33 Å². The maximum atomic E-state index is 11.2. The van der Waals surface area contributed by atoms with Gasteiger partial charge >= 0.3 is 5.69 Å². The molecule has 112 valence electrons. The zero-order chi connectivity index (χ0) is 15.3. The third-order valence-corrected chi connectivity index (χ3v) is 2.83. The van der Waals surface area contributed by atoms with Crippen molar-refractivity contribution in [1.82, 2.24) is 14.9 Å². The van der Waals surface area contributed by atoms with Crippen LogP contribution in [0.1, 0.15) is 13.8 Å². The molecule has 0 aliphatic heterocycles. The fraction of sp³-hybridized carbons (Fsp3) is 0.636. The minimum Gasteiger partial charge on any atom is -0.360 e. The van der Waals surface area contributed by atoms with Gasteiger partial charge in [-0.3, -0.25) is 10.1 Å². The number of hydrazine groups is 1. The molecule has 1 aromatic heterocycles. The molecule has 9 heteroatoms. The molecule has 1 aromatic rings.